The molecule has 1 aliphatic heterocycles. The minimum atomic E-state index is -4.85. The molecule has 1 aromatic rings. The minimum Gasteiger partial charge on any atom is -0.373 e. The molecular weight excluding hydrogens is 304 g/mol. The van der Waals surface area contributed by atoms with Gasteiger partial charge in [-0.25, -0.2) is 4.39 Å². The summed E-state index contributed by atoms with van der Waals surface area (Å²) < 4.78 is 57.5. The molecule has 0 aliphatic carbocycles. The van der Waals surface area contributed by atoms with Gasteiger partial charge in [0.25, 0.3) is 5.91 Å². The van der Waals surface area contributed by atoms with Crippen molar-refractivity contribution in [3.63, 3.8) is 0 Å². The van der Waals surface area contributed by atoms with E-state index in [2.05, 4.69) is 0 Å². The molecule has 0 saturated carbocycles. The van der Waals surface area contributed by atoms with Crippen molar-refractivity contribution in [2.75, 3.05) is 19.7 Å². The number of rotatable bonds is 2. The molecule has 2 rings (SSSR count). The fourth-order valence-electron chi connectivity index (χ4n) is 2.26. The van der Waals surface area contributed by atoms with E-state index in [1.54, 1.807) is 6.92 Å². The van der Waals surface area contributed by atoms with Crippen LogP contribution in [-0.4, -0.2) is 42.6 Å². The van der Waals surface area contributed by atoms with Crippen LogP contribution in [0.1, 0.15) is 22.8 Å². The predicted octanol–water partition coefficient (Wildman–Crippen LogP) is 2.03. The maximum atomic E-state index is 14.0. The Labute approximate surface area is 124 Å². The highest BCUT2D eigenvalue weighted by atomic mass is 19.4. The first kappa shape index (κ1) is 16.7. The number of amides is 1. The van der Waals surface area contributed by atoms with Gasteiger partial charge in [-0.2, -0.15) is 13.2 Å². The zero-order chi connectivity index (χ0) is 16.5. The maximum Gasteiger partial charge on any atom is 0.419 e. The predicted molar refractivity (Wildman–Crippen MR) is 70.7 cm³/mol. The van der Waals surface area contributed by atoms with Crippen molar-refractivity contribution in [1.29, 1.82) is 0 Å². The lowest BCUT2D eigenvalue weighted by Gasteiger charge is -2.34. The first-order valence-corrected chi connectivity index (χ1v) is 6.74. The highest BCUT2D eigenvalue weighted by molar-refractivity contribution is 5.94. The van der Waals surface area contributed by atoms with E-state index in [0.717, 1.165) is 12.1 Å². The third-order valence-corrected chi connectivity index (χ3v) is 3.50. The standard InChI is InChI=1S/C14H16F4N2O2/c1-8(19)11-7-20(5-6-22-11)13(21)9-3-2-4-10(12(9)15)14(16,17)18/h2-4,8,11H,5-7,19H2,1H3. The van der Waals surface area contributed by atoms with E-state index in [0.29, 0.717) is 6.07 Å². The van der Waals surface area contributed by atoms with Gasteiger partial charge in [-0.3, -0.25) is 4.79 Å². The maximum absolute atomic E-state index is 14.0. The Bertz CT molecular complexity index is 560. The fourth-order valence-corrected chi connectivity index (χ4v) is 2.26. The van der Waals surface area contributed by atoms with Crippen LogP contribution in [0.15, 0.2) is 18.2 Å². The summed E-state index contributed by atoms with van der Waals surface area (Å²) in [5, 5.41) is 0. The van der Waals surface area contributed by atoms with Gasteiger partial charge in [0.1, 0.15) is 5.82 Å². The van der Waals surface area contributed by atoms with E-state index in [1.807, 2.05) is 0 Å². The second kappa shape index (κ2) is 6.21. The van der Waals surface area contributed by atoms with Gasteiger partial charge in [-0.15, -0.1) is 0 Å². The van der Waals surface area contributed by atoms with Crippen LogP contribution in [-0.2, 0) is 10.9 Å². The summed E-state index contributed by atoms with van der Waals surface area (Å²) in [4.78, 5) is 13.6. The lowest BCUT2D eigenvalue weighted by Crippen LogP contribution is -2.51. The molecule has 8 heteroatoms. The first-order chi connectivity index (χ1) is 10.2. The van der Waals surface area contributed by atoms with Crippen molar-refractivity contribution in [2.45, 2.75) is 25.2 Å². The molecule has 1 aromatic carbocycles. The molecule has 2 N–H and O–H groups in total. The Balaban J connectivity index is 2.26. The van der Waals surface area contributed by atoms with Crippen LogP contribution in [0, 0.1) is 5.82 Å². The number of benzene rings is 1. The topological polar surface area (TPSA) is 55.6 Å². The highest BCUT2D eigenvalue weighted by Gasteiger charge is 2.37. The minimum absolute atomic E-state index is 0.117. The molecule has 0 radical (unpaired) electrons. The van der Waals surface area contributed by atoms with E-state index in [-0.39, 0.29) is 25.7 Å². The van der Waals surface area contributed by atoms with E-state index in [9.17, 15) is 22.4 Å². The first-order valence-electron chi connectivity index (χ1n) is 6.74. The monoisotopic (exact) mass is 320 g/mol. The Hall–Kier alpha value is -1.67. The van der Waals surface area contributed by atoms with Crippen LogP contribution in [0.25, 0.3) is 0 Å². The average molecular weight is 320 g/mol. The van der Waals surface area contributed by atoms with Crippen molar-refractivity contribution in [2.24, 2.45) is 5.73 Å². The molecule has 1 aliphatic rings. The fraction of sp³-hybridized carbons (Fsp3) is 0.500. The second-order valence-corrected chi connectivity index (χ2v) is 5.18. The molecule has 1 amide bonds. The summed E-state index contributed by atoms with van der Waals surface area (Å²) in [5.41, 5.74) is 3.65. The van der Waals surface area contributed by atoms with Crippen molar-refractivity contribution in [3.8, 4) is 0 Å². The molecule has 2 atom stereocenters. The molecule has 122 valence electrons. The van der Waals surface area contributed by atoms with Crippen molar-refractivity contribution < 1.29 is 27.1 Å². The van der Waals surface area contributed by atoms with Gasteiger partial charge >= 0.3 is 6.18 Å². The summed E-state index contributed by atoms with van der Waals surface area (Å²) in [6, 6.07) is 2.32. The Morgan fingerprint density at radius 2 is 2.14 bits per heavy atom. The summed E-state index contributed by atoms with van der Waals surface area (Å²) >= 11 is 0. The molecule has 1 fully saturated rings. The van der Waals surface area contributed by atoms with Crippen LogP contribution in [0.3, 0.4) is 0 Å². The normalized spacial score (nSPS) is 20.8. The Morgan fingerprint density at radius 1 is 1.45 bits per heavy atom. The summed E-state index contributed by atoms with van der Waals surface area (Å²) in [5.74, 6) is -2.35. The quantitative estimate of drug-likeness (QED) is 0.849. The van der Waals surface area contributed by atoms with Crippen LogP contribution >= 0.6 is 0 Å². The van der Waals surface area contributed by atoms with Gasteiger partial charge in [0.2, 0.25) is 0 Å². The van der Waals surface area contributed by atoms with Gasteiger partial charge in [-0.05, 0) is 19.1 Å². The smallest absolute Gasteiger partial charge is 0.373 e. The Morgan fingerprint density at radius 3 is 2.73 bits per heavy atom. The van der Waals surface area contributed by atoms with Crippen LogP contribution < -0.4 is 5.73 Å². The molecule has 1 heterocycles. The summed E-state index contributed by atoms with van der Waals surface area (Å²) in [6.07, 6.45) is -5.27. The number of hydrogen-bond donors (Lipinski definition) is 1. The van der Waals surface area contributed by atoms with Gasteiger partial charge in [0, 0.05) is 19.1 Å². The number of nitrogens with two attached hydrogens (primary N) is 1. The molecule has 0 spiro atoms. The lowest BCUT2D eigenvalue weighted by atomic mass is 10.1. The van der Waals surface area contributed by atoms with E-state index in [1.165, 1.54) is 4.90 Å². The second-order valence-electron chi connectivity index (χ2n) is 5.18. The van der Waals surface area contributed by atoms with Gasteiger partial charge in [-0.1, -0.05) is 6.07 Å². The number of carbonyl (C=O) groups is 1. The number of carbonyl (C=O) groups excluding carboxylic acids is 1. The molecule has 0 aromatic heterocycles. The molecule has 4 nitrogen and oxygen atoms in total. The van der Waals surface area contributed by atoms with Gasteiger partial charge < -0.3 is 15.4 Å². The Kier molecular flexibility index (Phi) is 4.72. The number of hydrogen-bond acceptors (Lipinski definition) is 3. The third kappa shape index (κ3) is 3.38. The number of nitrogens with zero attached hydrogens (tertiary/aromatic N) is 1. The van der Waals surface area contributed by atoms with Crippen molar-refractivity contribution >= 4 is 5.91 Å². The molecule has 1 saturated heterocycles. The van der Waals surface area contributed by atoms with Crippen LogP contribution in [0.5, 0.6) is 0 Å². The number of halogens is 4. The van der Waals surface area contributed by atoms with Crippen LogP contribution in [0.2, 0.25) is 0 Å². The van der Waals surface area contributed by atoms with Crippen molar-refractivity contribution in [3.05, 3.63) is 35.1 Å². The van der Waals surface area contributed by atoms with Crippen LogP contribution in [0.4, 0.5) is 17.6 Å². The molecular formula is C14H16F4N2O2. The lowest BCUT2D eigenvalue weighted by molar-refractivity contribution is -0.140. The summed E-state index contributed by atoms with van der Waals surface area (Å²) in [7, 11) is 0. The summed E-state index contributed by atoms with van der Waals surface area (Å²) in [6.45, 7) is 2.20. The highest BCUT2D eigenvalue weighted by Crippen LogP contribution is 2.32. The van der Waals surface area contributed by atoms with E-state index < -0.39 is 35.1 Å². The average Bonchev–Trinajstić information content (AvgIpc) is 2.45. The zero-order valence-electron chi connectivity index (χ0n) is 11.9. The van der Waals surface area contributed by atoms with Gasteiger partial charge in [0.15, 0.2) is 0 Å². The number of morpholine rings is 1. The van der Waals surface area contributed by atoms with Crippen molar-refractivity contribution in [1.82, 2.24) is 4.90 Å². The SMILES string of the molecule is CC(N)C1CN(C(=O)c2cccc(C(F)(F)F)c2F)CCO1. The van der Waals surface area contributed by atoms with Gasteiger partial charge in [0.05, 0.1) is 23.8 Å². The third-order valence-electron chi connectivity index (χ3n) is 3.50. The largest absolute Gasteiger partial charge is 0.419 e. The van der Waals surface area contributed by atoms with E-state index >= 15 is 0 Å². The molecule has 2 unspecified atom stereocenters. The zero-order valence-corrected chi connectivity index (χ0v) is 11.9. The number of ether oxygens (including phenoxy) is 1. The van der Waals surface area contributed by atoms with E-state index in [4.69, 9.17) is 10.5 Å². The molecule has 22 heavy (non-hydrogen) atoms. The molecule has 0 bridgehead atoms. The number of alkyl halides is 3.